The van der Waals surface area contributed by atoms with E-state index in [9.17, 15) is 9.59 Å². The highest BCUT2D eigenvalue weighted by molar-refractivity contribution is 6.47. The molecular formula is C30H35Cl2N7O2. The number of nitrogens with zero attached hydrogens (tertiary/aromatic N) is 4. The molecule has 0 radical (unpaired) electrons. The molecule has 2 fully saturated rings. The van der Waals surface area contributed by atoms with Crippen molar-refractivity contribution < 1.29 is 9.59 Å². The van der Waals surface area contributed by atoms with Gasteiger partial charge in [0.2, 0.25) is 0 Å². The van der Waals surface area contributed by atoms with Crippen molar-refractivity contribution in [1.29, 1.82) is 5.53 Å². The van der Waals surface area contributed by atoms with Gasteiger partial charge in [0.25, 0.3) is 11.8 Å². The summed E-state index contributed by atoms with van der Waals surface area (Å²) in [6.07, 6.45) is 8.92. The van der Waals surface area contributed by atoms with Crippen LogP contribution in [0, 0.1) is 10.9 Å². The fraction of sp³-hybridized carbons (Fsp3) is 0.467. The van der Waals surface area contributed by atoms with Gasteiger partial charge in [0.15, 0.2) is 0 Å². The van der Waals surface area contributed by atoms with E-state index in [-0.39, 0.29) is 30.2 Å². The van der Waals surface area contributed by atoms with Crippen LogP contribution in [0.3, 0.4) is 0 Å². The van der Waals surface area contributed by atoms with Crippen LogP contribution < -0.4 is 11.1 Å². The first-order valence-electron chi connectivity index (χ1n) is 14.1. The van der Waals surface area contributed by atoms with Crippen LogP contribution in [0.2, 0.25) is 10.0 Å². The number of nitrogens with one attached hydrogen (secondary N) is 2. The van der Waals surface area contributed by atoms with Crippen molar-refractivity contribution in [1.82, 2.24) is 10.2 Å². The van der Waals surface area contributed by atoms with Gasteiger partial charge < -0.3 is 16.0 Å². The van der Waals surface area contributed by atoms with E-state index in [1.54, 1.807) is 30.3 Å². The summed E-state index contributed by atoms with van der Waals surface area (Å²) in [5.74, 6) is -0.375. The Morgan fingerprint density at radius 3 is 2.37 bits per heavy atom. The summed E-state index contributed by atoms with van der Waals surface area (Å²) in [6, 6.07) is 12.4. The van der Waals surface area contributed by atoms with Gasteiger partial charge in [-0.15, -0.1) is 5.10 Å². The summed E-state index contributed by atoms with van der Waals surface area (Å²) >= 11 is 12.7. The molecule has 2 aromatic rings. The number of benzene rings is 2. The van der Waals surface area contributed by atoms with Crippen LogP contribution in [0.25, 0.3) is 0 Å². The van der Waals surface area contributed by atoms with E-state index in [1.165, 1.54) is 12.8 Å². The number of hydrogen-bond donors (Lipinski definition) is 3. The Bertz CT molecular complexity index is 1380. The lowest BCUT2D eigenvalue weighted by molar-refractivity contribution is -0.133. The van der Waals surface area contributed by atoms with Crippen molar-refractivity contribution in [3.63, 3.8) is 0 Å². The molecule has 2 saturated carbocycles. The lowest BCUT2D eigenvalue weighted by Gasteiger charge is -2.44. The second-order valence-electron chi connectivity index (χ2n) is 11.7. The molecule has 1 aliphatic heterocycles. The van der Waals surface area contributed by atoms with Crippen molar-refractivity contribution in [3.05, 3.63) is 69.2 Å². The minimum atomic E-state index is -0.621. The zero-order chi connectivity index (χ0) is 29.2. The summed E-state index contributed by atoms with van der Waals surface area (Å²) in [7, 11) is 0. The Balaban J connectivity index is 1.48. The lowest BCUT2D eigenvalue weighted by Crippen LogP contribution is -2.50. The lowest BCUT2D eigenvalue weighted by atomic mass is 9.85. The Morgan fingerprint density at radius 2 is 1.76 bits per heavy atom. The molecule has 2 aromatic carbocycles. The number of amides is 2. The van der Waals surface area contributed by atoms with E-state index in [0.29, 0.717) is 32.3 Å². The van der Waals surface area contributed by atoms with Crippen LogP contribution in [0.15, 0.2) is 57.8 Å². The Labute approximate surface area is 250 Å². The van der Waals surface area contributed by atoms with Crippen LogP contribution >= 0.6 is 23.2 Å². The SMILES string of the molecule is CC1(CCC(c2ccc(C(=O)NC/C(N)=N/N=N)cc2)N2C(=O)C(c3cc(Cl)cc(Cl)c3)=NC23CCCCC3)CC1. The van der Waals surface area contributed by atoms with Crippen LogP contribution in [0.5, 0.6) is 0 Å². The first-order valence-corrected chi connectivity index (χ1v) is 14.9. The number of carbonyl (C=O) groups is 2. The van der Waals surface area contributed by atoms with Crippen LogP contribution in [0.4, 0.5) is 0 Å². The Hall–Kier alpha value is -3.30. The van der Waals surface area contributed by atoms with Gasteiger partial charge in [-0.1, -0.05) is 53.9 Å². The average molecular weight is 597 g/mol. The number of rotatable bonds is 10. The molecule has 9 nitrogen and oxygen atoms in total. The number of nitrogens with two attached hydrogens (primary N) is 1. The molecule has 216 valence electrons. The molecule has 1 spiro atoms. The van der Waals surface area contributed by atoms with Crippen LogP contribution in [-0.4, -0.2) is 40.5 Å². The van der Waals surface area contributed by atoms with E-state index in [1.807, 2.05) is 17.0 Å². The van der Waals surface area contributed by atoms with Gasteiger partial charge >= 0.3 is 0 Å². The predicted molar refractivity (Wildman–Crippen MR) is 161 cm³/mol. The molecular weight excluding hydrogens is 561 g/mol. The van der Waals surface area contributed by atoms with Gasteiger partial charge in [-0.05, 0) is 92.7 Å². The number of halogens is 2. The summed E-state index contributed by atoms with van der Waals surface area (Å²) in [4.78, 5) is 34.2. The Kier molecular flexibility index (Phi) is 8.47. The second kappa shape index (κ2) is 11.9. The molecule has 0 saturated heterocycles. The molecule has 1 atom stereocenters. The van der Waals surface area contributed by atoms with Crippen LogP contribution in [0.1, 0.15) is 92.2 Å². The summed E-state index contributed by atoms with van der Waals surface area (Å²) in [5, 5.41) is 9.90. The molecule has 5 rings (SSSR count). The third kappa shape index (κ3) is 6.46. The molecule has 4 N–H and O–H groups in total. The topological polar surface area (TPSA) is 136 Å². The third-order valence-corrected chi connectivity index (χ3v) is 9.02. The van der Waals surface area contributed by atoms with Crippen molar-refractivity contribution in [2.24, 2.45) is 26.5 Å². The normalized spacial score (nSPS) is 20.1. The molecule has 41 heavy (non-hydrogen) atoms. The van der Waals surface area contributed by atoms with Gasteiger partial charge in [0.05, 0.1) is 12.6 Å². The van der Waals surface area contributed by atoms with Gasteiger partial charge in [-0.3, -0.25) is 14.6 Å². The minimum Gasteiger partial charge on any atom is -0.384 e. The first-order chi connectivity index (χ1) is 19.6. The molecule has 0 bridgehead atoms. The average Bonchev–Trinajstić information content (AvgIpc) is 3.63. The molecule has 1 heterocycles. The first kappa shape index (κ1) is 29.2. The number of aliphatic imine (C=N–C) groups is 1. The highest BCUT2D eigenvalue weighted by Gasteiger charge is 2.51. The van der Waals surface area contributed by atoms with Crippen molar-refractivity contribution in [2.45, 2.75) is 76.4 Å². The fourth-order valence-electron chi connectivity index (χ4n) is 6.02. The standard InChI is InChI=1S/C30H35Cl2N7O2/c1-29(13-14-29)12-9-24(19-5-7-20(8-6-19)27(40)35-18-25(33)37-38-34)39-28(41)26(21-15-22(31)17-23(32)16-21)36-30(39)10-3-2-4-11-30/h5-8,15-17,24H,2-4,9-14,18H2,1H3,(H,35,40)(H3,33,34,37). The van der Waals surface area contributed by atoms with Crippen LogP contribution in [-0.2, 0) is 4.79 Å². The highest BCUT2D eigenvalue weighted by Crippen LogP contribution is 2.52. The highest BCUT2D eigenvalue weighted by atomic mass is 35.5. The van der Waals surface area contributed by atoms with E-state index in [2.05, 4.69) is 22.6 Å². The van der Waals surface area contributed by atoms with E-state index in [4.69, 9.17) is 39.5 Å². The summed E-state index contributed by atoms with van der Waals surface area (Å²) in [5.41, 5.74) is 14.5. The van der Waals surface area contributed by atoms with Crippen molar-refractivity contribution >= 4 is 46.6 Å². The molecule has 11 heteroatoms. The fourth-order valence-corrected chi connectivity index (χ4v) is 6.54. The maximum atomic E-state index is 14.3. The summed E-state index contributed by atoms with van der Waals surface area (Å²) < 4.78 is 0. The van der Waals surface area contributed by atoms with Gasteiger partial charge in [0, 0.05) is 21.2 Å². The van der Waals surface area contributed by atoms with Gasteiger partial charge in [-0.2, -0.15) is 5.53 Å². The second-order valence-corrected chi connectivity index (χ2v) is 12.6. The number of amidine groups is 1. The minimum absolute atomic E-state index is 0.0113. The number of carbonyl (C=O) groups excluding carboxylic acids is 2. The van der Waals surface area contributed by atoms with E-state index in [0.717, 1.165) is 50.5 Å². The number of hydrogen-bond acceptors (Lipinski definition) is 5. The van der Waals surface area contributed by atoms with Crippen molar-refractivity contribution in [3.8, 4) is 0 Å². The van der Waals surface area contributed by atoms with Crippen molar-refractivity contribution in [2.75, 3.05) is 6.54 Å². The zero-order valence-electron chi connectivity index (χ0n) is 23.1. The van der Waals surface area contributed by atoms with E-state index >= 15 is 0 Å². The smallest absolute Gasteiger partial charge is 0.275 e. The monoisotopic (exact) mass is 595 g/mol. The third-order valence-electron chi connectivity index (χ3n) is 8.58. The zero-order valence-corrected chi connectivity index (χ0v) is 24.6. The predicted octanol–water partition coefficient (Wildman–Crippen LogP) is 6.64. The summed E-state index contributed by atoms with van der Waals surface area (Å²) in [6.45, 7) is 2.29. The molecule has 2 amide bonds. The maximum Gasteiger partial charge on any atom is 0.275 e. The Morgan fingerprint density at radius 1 is 1.10 bits per heavy atom. The molecule has 1 unspecified atom stereocenters. The largest absolute Gasteiger partial charge is 0.384 e. The van der Waals surface area contributed by atoms with E-state index < -0.39 is 5.66 Å². The quantitative estimate of drug-likeness (QED) is 0.123. The molecule has 0 aromatic heterocycles. The van der Waals surface area contributed by atoms with Gasteiger partial charge in [0.1, 0.15) is 17.2 Å². The van der Waals surface area contributed by atoms with Gasteiger partial charge in [-0.25, -0.2) is 0 Å². The molecule has 3 aliphatic rings. The maximum absolute atomic E-state index is 14.3. The molecule has 2 aliphatic carbocycles.